The molecule has 0 bridgehead atoms. The van der Waals surface area contributed by atoms with E-state index in [0.717, 1.165) is 12.8 Å². The van der Waals surface area contributed by atoms with Crippen molar-refractivity contribution >= 4 is 22.6 Å². The maximum Gasteiger partial charge on any atom is 0.255 e. The van der Waals surface area contributed by atoms with Crippen LogP contribution in [0.5, 0.6) is 0 Å². The topological polar surface area (TPSA) is 64.1 Å². The largest absolute Gasteiger partial charge is 0.365 e. The minimum Gasteiger partial charge on any atom is -0.365 e. The Morgan fingerprint density at radius 2 is 2.41 bits per heavy atom. The fraction of sp³-hybridized carbons (Fsp3) is 0.727. The van der Waals surface area contributed by atoms with E-state index in [1.54, 1.807) is 0 Å². The third-order valence-corrected chi connectivity index (χ3v) is 3.49. The molecule has 0 unspecified atom stereocenters. The van der Waals surface area contributed by atoms with Crippen molar-refractivity contribution in [2.45, 2.75) is 51.2 Å². The second-order valence-electron chi connectivity index (χ2n) is 4.18. The molecule has 1 heterocycles. The molecule has 1 fully saturated rings. The molecule has 1 atom stereocenters. The van der Waals surface area contributed by atoms with E-state index in [0.29, 0.717) is 11.6 Å². The summed E-state index contributed by atoms with van der Waals surface area (Å²) in [5.41, 5.74) is 0. The van der Waals surface area contributed by atoms with Crippen molar-refractivity contribution in [1.29, 1.82) is 0 Å². The van der Waals surface area contributed by atoms with Gasteiger partial charge in [0.05, 0.1) is 6.10 Å². The molecule has 1 aromatic heterocycles. The number of ether oxygens (including phenoxy) is 1. The highest BCUT2D eigenvalue weighted by molar-refractivity contribution is 7.09. The van der Waals surface area contributed by atoms with Gasteiger partial charge in [-0.25, -0.2) is 4.98 Å². The van der Waals surface area contributed by atoms with Crippen LogP contribution in [0.15, 0.2) is 6.33 Å². The average Bonchev–Trinajstić information content (AvgIpc) is 2.97. The van der Waals surface area contributed by atoms with Gasteiger partial charge in [-0.05, 0) is 19.3 Å². The third kappa shape index (κ3) is 3.47. The Morgan fingerprint density at radius 3 is 3.00 bits per heavy atom. The molecule has 1 aromatic rings. The van der Waals surface area contributed by atoms with Gasteiger partial charge in [-0.15, -0.1) is 0 Å². The van der Waals surface area contributed by atoms with Crippen LogP contribution in [-0.4, -0.2) is 27.5 Å². The first kappa shape index (κ1) is 12.4. The SMILES string of the molecule is CC[C@@H](OC1CCCC1)C(=O)Nc1ncns1. The number of aromatic nitrogens is 2. The molecule has 0 aliphatic heterocycles. The van der Waals surface area contributed by atoms with Crippen LogP contribution >= 0.6 is 11.5 Å². The van der Waals surface area contributed by atoms with Crippen LogP contribution in [0.4, 0.5) is 5.13 Å². The van der Waals surface area contributed by atoms with E-state index in [2.05, 4.69) is 14.7 Å². The van der Waals surface area contributed by atoms with Gasteiger partial charge in [-0.1, -0.05) is 19.8 Å². The first-order valence-electron chi connectivity index (χ1n) is 6.02. The normalized spacial score (nSPS) is 18.2. The second kappa shape index (κ2) is 6.07. The molecule has 17 heavy (non-hydrogen) atoms. The zero-order valence-corrected chi connectivity index (χ0v) is 10.7. The van der Waals surface area contributed by atoms with Crippen LogP contribution in [0.1, 0.15) is 39.0 Å². The lowest BCUT2D eigenvalue weighted by Gasteiger charge is -2.19. The van der Waals surface area contributed by atoms with Crippen LogP contribution in [-0.2, 0) is 9.53 Å². The number of nitrogens with one attached hydrogen (secondary N) is 1. The van der Waals surface area contributed by atoms with Crippen LogP contribution in [0.2, 0.25) is 0 Å². The first-order chi connectivity index (χ1) is 8.29. The molecule has 1 N–H and O–H groups in total. The molecular formula is C11H17N3O2S. The Morgan fingerprint density at radius 1 is 1.65 bits per heavy atom. The number of carbonyl (C=O) groups excluding carboxylic acids is 1. The monoisotopic (exact) mass is 255 g/mol. The lowest BCUT2D eigenvalue weighted by molar-refractivity contribution is -0.131. The van der Waals surface area contributed by atoms with Crippen molar-refractivity contribution in [3.8, 4) is 0 Å². The summed E-state index contributed by atoms with van der Waals surface area (Å²) in [6.45, 7) is 1.96. The Labute approximate surface area is 105 Å². The summed E-state index contributed by atoms with van der Waals surface area (Å²) in [6.07, 6.45) is 6.55. The molecule has 5 nitrogen and oxygen atoms in total. The van der Waals surface area contributed by atoms with Gasteiger partial charge in [0.15, 0.2) is 0 Å². The van der Waals surface area contributed by atoms with E-state index in [-0.39, 0.29) is 18.1 Å². The van der Waals surface area contributed by atoms with Crippen molar-refractivity contribution in [2.75, 3.05) is 5.32 Å². The standard InChI is InChI=1S/C11H17N3O2S/c1-2-9(16-8-5-3-4-6-8)10(15)14-11-12-7-13-17-11/h7-9H,2-6H2,1H3,(H,12,13,14,15)/t9-/m1/s1. The van der Waals surface area contributed by atoms with Crippen molar-refractivity contribution in [2.24, 2.45) is 0 Å². The van der Waals surface area contributed by atoms with Crippen molar-refractivity contribution in [3.05, 3.63) is 6.33 Å². The molecule has 6 heteroatoms. The Kier molecular flexibility index (Phi) is 4.44. The average molecular weight is 255 g/mol. The Balaban J connectivity index is 1.86. The van der Waals surface area contributed by atoms with Gasteiger partial charge >= 0.3 is 0 Å². The summed E-state index contributed by atoms with van der Waals surface area (Å²) in [4.78, 5) is 15.9. The maximum absolute atomic E-state index is 11.9. The fourth-order valence-electron chi connectivity index (χ4n) is 2.01. The van der Waals surface area contributed by atoms with Gasteiger partial charge < -0.3 is 4.74 Å². The van der Waals surface area contributed by atoms with E-state index in [1.807, 2.05) is 6.92 Å². The summed E-state index contributed by atoms with van der Waals surface area (Å²) < 4.78 is 9.65. The van der Waals surface area contributed by atoms with Crippen molar-refractivity contribution < 1.29 is 9.53 Å². The lowest BCUT2D eigenvalue weighted by atomic mass is 10.2. The second-order valence-corrected chi connectivity index (χ2v) is 4.96. The lowest BCUT2D eigenvalue weighted by Crippen LogP contribution is -2.32. The Bertz CT molecular complexity index is 350. The van der Waals surface area contributed by atoms with E-state index in [9.17, 15) is 4.79 Å². The predicted molar refractivity (Wildman–Crippen MR) is 66.0 cm³/mol. The van der Waals surface area contributed by atoms with Crippen molar-refractivity contribution in [1.82, 2.24) is 9.36 Å². The van der Waals surface area contributed by atoms with E-state index in [1.165, 1.54) is 30.7 Å². The number of amides is 1. The number of nitrogens with zero attached hydrogens (tertiary/aromatic N) is 2. The summed E-state index contributed by atoms with van der Waals surface area (Å²) in [5.74, 6) is -0.115. The molecule has 94 valence electrons. The van der Waals surface area contributed by atoms with Crippen LogP contribution in [0, 0.1) is 0 Å². The first-order valence-corrected chi connectivity index (χ1v) is 6.80. The van der Waals surface area contributed by atoms with Gasteiger partial charge in [0.2, 0.25) is 5.13 Å². The van der Waals surface area contributed by atoms with E-state index in [4.69, 9.17) is 4.74 Å². The molecular weight excluding hydrogens is 238 g/mol. The van der Waals surface area contributed by atoms with E-state index < -0.39 is 0 Å². The number of rotatable bonds is 5. The van der Waals surface area contributed by atoms with E-state index >= 15 is 0 Å². The summed E-state index contributed by atoms with van der Waals surface area (Å²) >= 11 is 1.17. The highest BCUT2D eigenvalue weighted by Gasteiger charge is 2.24. The van der Waals surface area contributed by atoms with Crippen molar-refractivity contribution in [3.63, 3.8) is 0 Å². The number of carbonyl (C=O) groups is 1. The molecule has 1 aliphatic carbocycles. The van der Waals surface area contributed by atoms with Crippen LogP contribution < -0.4 is 5.32 Å². The van der Waals surface area contributed by atoms with Gasteiger partial charge in [0.1, 0.15) is 12.4 Å². The number of hydrogen-bond donors (Lipinski definition) is 1. The summed E-state index contributed by atoms with van der Waals surface area (Å²) in [5, 5.41) is 3.26. The number of hydrogen-bond acceptors (Lipinski definition) is 5. The minimum atomic E-state index is -0.373. The molecule has 0 saturated heterocycles. The molecule has 0 radical (unpaired) electrons. The van der Waals surface area contributed by atoms with Crippen LogP contribution in [0.3, 0.4) is 0 Å². The zero-order chi connectivity index (χ0) is 12.1. The molecule has 1 amide bonds. The summed E-state index contributed by atoms with van der Waals surface area (Å²) in [7, 11) is 0. The molecule has 0 spiro atoms. The third-order valence-electron chi connectivity index (χ3n) is 2.91. The summed E-state index contributed by atoms with van der Waals surface area (Å²) in [6, 6.07) is 0. The molecule has 0 aromatic carbocycles. The Hall–Kier alpha value is -1.01. The smallest absolute Gasteiger partial charge is 0.255 e. The van der Waals surface area contributed by atoms with Gasteiger partial charge in [-0.3, -0.25) is 10.1 Å². The van der Waals surface area contributed by atoms with Gasteiger partial charge in [0.25, 0.3) is 5.91 Å². The maximum atomic E-state index is 11.9. The zero-order valence-electron chi connectivity index (χ0n) is 9.89. The fourth-order valence-corrected chi connectivity index (χ4v) is 2.45. The molecule has 1 aliphatic rings. The highest BCUT2D eigenvalue weighted by atomic mass is 32.1. The highest BCUT2D eigenvalue weighted by Crippen LogP contribution is 2.23. The predicted octanol–water partition coefficient (Wildman–Crippen LogP) is 2.21. The minimum absolute atomic E-state index is 0.115. The van der Waals surface area contributed by atoms with Gasteiger partial charge in [-0.2, -0.15) is 4.37 Å². The molecule has 2 rings (SSSR count). The van der Waals surface area contributed by atoms with Gasteiger partial charge in [0, 0.05) is 11.5 Å². The number of anilines is 1. The molecule has 1 saturated carbocycles. The van der Waals surface area contributed by atoms with Crippen LogP contribution in [0.25, 0.3) is 0 Å². The quantitative estimate of drug-likeness (QED) is 0.876.